The molecule has 0 aliphatic carbocycles. The molecule has 0 atom stereocenters. The fourth-order valence-electron chi connectivity index (χ4n) is 2.08. The van der Waals surface area contributed by atoms with Crippen molar-refractivity contribution in [2.24, 2.45) is 0 Å². The van der Waals surface area contributed by atoms with E-state index in [1.807, 2.05) is 30.5 Å². The molecular formula is C14H16INO2. The molecule has 0 saturated heterocycles. The van der Waals surface area contributed by atoms with Crippen LogP contribution in [0.25, 0.3) is 10.9 Å². The van der Waals surface area contributed by atoms with E-state index in [4.69, 9.17) is 4.74 Å². The Bertz CT molecular complexity index is 548. The zero-order chi connectivity index (χ0) is 13.0. The summed E-state index contributed by atoms with van der Waals surface area (Å²) in [5.41, 5.74) is 1.76. The molecule has 3 nitrogen and oxygen atoms in total. The van der Waals surface area contributed by atoms with Gasteiger partial charge in [-0.3, -0.25) is 0 Å². The molecule has 0 unspecified atom stereocenters. The minimum atomic E-state index is -0.265. The lowest BCUT2D eigenvalue weighted by atomic mass is 10.2. The highest BCUT2D eigenvalue weighted by Crippen LogP contribution is 2.22. The summed E-state index contributed by atoms with van der Waals surface area (Å²) < 4.78 is 8.14. The van der Waals surface area contributed by atoms with Crippen LogP contribution in [-0.2, 0) is 11.3 Å². The Kier molecular flexibility index (Phi) is 4.63. The predicted molar refractivity (Wildman–Crippen MR) is 81.4 cm³/mol. The van der Waals surface area contributed by atoms with Gasteiger partial charge in [-0.1, -0.05) is 40.8 Å². The van der Waals surface area contributed by atoms with E-state index in [1.165, 1.54) is 18.0 Å². The van der Waals surface area contributed by atoms with E-state index in [0.29, 0.717) is 5.56 Å². The highest BCUT2D eigenvalue weighted by atomic mass is 127. The van der Waals surface area contributed by atoms with Gasteiger partial charge in [0.2, 0.25) is 0 Å². The van der Waals surface area contributed by atoms with Crippen LogP contribution in [0.2, 0.25) is 0 Å². The molecule has 1 heterocycles. The van der Waals surface area contributed by atoms with E-state index in [2.05, 4.69) is 27.2 Å². The summed E-state index contributed by atoms with van der Waals surface area (Å²) in [6.45, 7) is 0.945. The largest absolute Gasteiger partial charge is 0.465 e. The van der Waals surface area contributed by atoms with Gasteiger partial charge in [-0.2, -0.15) is 0 Å². The molecule has 0 fully saturated rings. The van der Waals surface area contributed by atoms with Crippen molar-refractivity contribution in [1.29, 1.82) is 0 Å². The minimum Gasteiger partial charge on any atom is -0.465 e. The number of benzene rings is 1. The second-order valence-corrected chi connectivity index (χ2v) is 5.22. The van der Waals surface area contributed by atoms with Gasteiger partial charge < -0.3 is 9.30 Å². The van der Waals surface area contributed by atoms with Gasteiger partial charge in [-0.15, -0.1) is 0 Å². The first-order valence-electron chi connectivity index (χ1n) is 6.00. The van der Waals surface area contributed by atoms with Crippen LogP contribution in [-0.4, -0.2) is 22.1 Å². The summed E-state index contributed by atoms with van der Waals surface area (Å²) in [6, 6.07) is 7.96. The summed E-state index contributed by atoms with van der Waals surface area (Å²) >= 11 is 2.39. The third-order valence-electron chi connectivity index (χ3n) is 2.98. The van der Waals surface area contributed by atoms with Gasteiger partial charge >= 0.3 is 5.97 Å². The lowest BCUT2D eigenvalue weighted by Crippen LogP contribution is -2.00. The lowest BCUT2D eigenvalue weighted by molar-refractivity contribution is 0.0602. The van der Waals surface area contributed by atoms with Crippen molar-refractivity contribution in [3.63, 3.8) is 0 Å². The van der Waals surface area contributed by atoms with Crippen LogP contribution in [0.1, 0.15) is 23.2 Å². The molecule has 2 aromatic rings. The molecule has 4 heteroatoms. The van der Waals surface area contributed by atoms with Crippen molar-refractivity contribution >= 4 is 39.5 Å². The van der Waals surface area contributed by atoms with Crippen molar-refractivity contribution < 1.29 is 9.53 Å². The van der Waals surface area contributed by atoms with Crippen LogP contribution in [0.15, 0.2) is 30.5 Å². The van der Waals surface area contributed by atoms with Gasteiger partial charge in [0.1, 0.15) is 0 Å². The molecule has 2 rings (SSSR count). The number of esters is 1. The fourth-order valence-corrected chi connectivity index (χ4v) is 2.62. The number of alkyl halides is 1. The molecule has 0 N–H and O–H groups in total. The molecule has 0 aliphatic heterocycles. The van der Waals surface area contributed by atoms with Gasteiger partial charge in [0.15, 0.2) is 0 Å². The van der Waals surface area contributed by atoms with E-state index in [0.717, 1.165) is 23.9 Å². The van der Waals surface area contributed by atoms with Crippen molar-refractivity contribution in [2.45, 2.75) is 19.4 Å². The Morgan fingerprint density at radius 2 is 2.11 bits per heavy atom. The van der Waals surface area contributed by atoms with Gasteiger partial charge in [0, 0.05) is 23.6 Å². The van der Waals surface area contributed by atoms with Crippen molar-refractivity contribution in [2.75, 3.05) is 11.5 Å². The number of hydrogen-bond acceptors (Lipinski definition) is 2. The Morgan fingerprint density at radius 3 is 2.83 bits per heavy atom. The van der Waals surface area contributed by atoms with E-state index in [9.17, 15) is 4.79 Å². The van der Waals surface area contributed by atoms with E-state index in [-0.39, 0.29) is 5.97 Å². The second kappa shape index (κ2) is 6.22. The Balaban J connectivity index is 2.38. The van der Waals surface area contributed by atoms with Gasteiger partial charge in [-0.25, -0.2) is 4.79 Å². The van der Waals surface area contributed by atoms with Crippen LogP contribution in [0.5, 0.6) is 0 Å². The summed E-state index contributed by atoms with van der Waals surface area (Å²) in [7, 11) is 1.42. The number of halogens is 1. The molecular weight excluding hydrogens is 341 g/mol. The lowest BCUT2D eigenvalue weighted by Gasteiger charge is -2.03. The third kappa shape index (κ3) is 2.68. The first-order valence-corrected chi connectivity index (χ1v) is 7.52. The fraction of sp³-hybridized carbons (Fsp3) is 0.357. The molecule has 0 aliphatic rings. The predicted octanol–water partition coefficient (Wildman–Crippen LogP) is 3.64. The average Bonchev–Trinajstić information content (AvgIpc) is 2.78. The number of hydrogen-bond donors (Lipinski definition) is 0. The molecule has 96 valence electrons. The van der Waals surface area contributed by atoms with E-state index in [1.54, 1.807) is 0 Å². The molecule has 1 aromatic heterocycles. The maximum absolute atomic E-state index is 11.7. The first kappa shape index (κ1) is 13.4. The molecule has 1 aromatic carbocycles. The number of aryl methyl sites for hydroxylation is 1. The molecule has 0 spiro atoms. The number of unbranched alkanes of at least 4 members (excludes halogenated alkanes) is 1. The van der Waals surface area contributed by atoms with Gasteiger partial charge in [-0.05, 0) is 23.3 Å². The minimum absolute atomic E-state index is 0.265. The van der Waals surface area contributed by atoms with Crippen LogP contribution in [0.4, 0.5) is 0 Å². The number of methoxy groups -OCH3 is 1. The molecule has 0 amide bonds. The van der Waals surface area contributed by atoms with Crippen LogP contribution < -0.4 is 0 Å². The molecule has 0 saturated carbocycles. The Hall–Kier alpha value is -1.04. The van der Waals surface area contributed by atoms with Crippen LogP contribution >= 0.6 is 22.6 Å². The zero-order valence-electron chi connectivity index (χ0n) is 10.4. The number of fused-ring (bicyclic) bond motifs is 1. The number of para-hydroxylation sites is 1. The van der Waals surface area contributed by atoms with Gasteiger partial charge in [0.05, 0.1) is 12.7 Å². The number of carbonyl (C=O) groups is 1. The van der Waals surface area contributed by atoms with Crippen molar-refractivity contribution in [1.82, 2.24) is 4.57 Å². The topological polar surface area (TPSA) is 31.2 Å². The number of rotatable bonds is 5. The van der Waals surface area contributed by atoms with Gasteiger partial charge in [0.25, 0.3) is 0 Å². The number of nitrogens with zero attached hydrogens (tertiary/aromatic N) is 1. The number of ether oxygens (including phenoxy) is 1. The molecule has 18 heavy (non-hydrogen) atoms. The quantitative estimate of drug-likeness (QED) is 0.354. The average molecular weight is 357 g/mol. The standard InChI is InChI=1S/C14H16INO2/c1-18-14(17)12-10-16(9-5-4-8-15)13-7-3-2-6-11(12)13/h2-3,6-7,10H,4-5,8-9H2,1H3. The van der Waals surface area contributed by atoms with Crippen LogP contribution in [0.3, 0.4) is 0 Å². The Labute approximate surface area is 120 Å². The monoisotopic (exact) mass is 357 g/mol. The van der Waals surface area contributed by atoms with Crippen LogP contribution in [0, 0.1) is 0 Å². The smallest absolute Gasteiger partial charge is 0.340 e. The summed E-state index contributed by atoms with van der Waals surface area (Å²) in [6.07, 6.45) is 4.23. The van der Waals surface area contributed by atoms with Crippen molar-refractivity contribution in [3.8, 4) is 0 Å². The highest BCUT2D eigenvalue weighted by Gasteiger charge is 2.14. The van der Waals surface area contributed by atoms with Crippen molar-refractivity contribution in [3.05, 3.63) is 36.0 Å². The number of aromatic nitrogens is 1. The zero-order valence-corrected chi connectivity index (χ0v) is 12.5. The SMILES string of the molecule is COC(=O)c1cn(CCCCI)c2ccccc12. The summed E-state index contributed by atoms with van der Waals surface area (Å²) in [5, 5.41) is 0.971. The maximum atomic E-state index is 11.7. The summed E-state index contributed by atoms with van der Waals surface area (Å²) in [5.74, 6) is -0.265. The third-order valence-corrected chi connectivity index (χ3v) is 3.74. The highest BCUT2D eigenvalue weighted by molar-refractivity contribution is 14.1. The maximum Gasteiger partial charge on any atom is 0.340 e. The number of carbonyl (C=O) groups excluding carboxylic acids is 1. The summed E-state index contributed by atoms with van der Waals surface area (Å²) in [4.78, 5) is 11.7. The first-order chi connectivity index (χ1) is 8.77. The molecule has 0 radical (unpaired) electrons. The van der Waals surface area contributed by atoms with E-state index < -0.39 is 0 Å². The normalized spacial score (nSPS) is 10.8. The van der Waals surface area contributed by atoms with E-state index >= 15 is 0 Å². The Morgan fingerprint density at radius 1 is 1.33 bits per heavy atom. The second-order valence-electron chi connectivity index (χ2n) is 4.14. The molecule has 0 bridgehead atoms.